The standard InChI is InChI=1S/C16H21NO3/c1-2-3-11-4-6-13(7-5-11)16(20)17-14(10-15(18)19)12-8-9-12/h4-7,12,14H,2-3,8-10H2,1H3,(H,17,20)(H,18,19). The number of carboxylic acid groups (broad SMARTS) is 1. The highest BCUT2D eigenvalue weighted by Gasteiger charge is 2.33. The first-order valence-electron chi connectivity index (χ1n) is 7.21. The highest BCUT2D eigenvalue weighted by Crippen LogP contribution is 2.34. The largest absolute Gasteiger partial charge is 0.481 e. The number of aryl methyl sites for hydroxylation is 1. The summed E-state index contributed by atoms with van der Waals surface area (Å²) in [7, 11) is 0. The molecule has 108 valence electrons. The fraction of sp³-hybridized carbons (Fsp3) is 0.500. The fourth-order valence-electron chi connectivity index (χ4n) is 2.39. The number of carbonyl (C=O) groups excluding carboxylic acids is 1. The van der Waals surface area contributed by atoms with E-state index in [1.54, 1.807) is 0 Å². The van der Waals surface area contributed by atoms with Crippen LogP contribution in [0.5, 0.6) is 0 Å². The van der Waals surface area contributed by atoms with E-state index in [0.717, 1.165) is 25.7 Å². The highest BCUT2D eigenvalue weighted by atomic mass is 16.4. The van der Waals surface area contributed by atoms with Crippen molar-refractivity contribution in [3.8, 4) is 0 Å². The number of nitrogens with one attached hydrogen (secondary N) is 1. The van der Waals surface area contributed by atoms with Crippen molar-refractivity contribution < 1.29 is 14.7 Å². The summed E-state index contributed by atoms with van der Waals surface area (Å²) in [6, 6.07) is 7.30. The minimum Gasteiger partial charge on any atom is -0.481 e. The molecule has 0 spiro atoms. The Labute approximate surface area is 119 Å². The van der Waals surface area contributed by atoms with Gasteiger partial charge < -0.3 is 10.4 Å². The zero-order valence-electron chi connectivity index (χ0n) is 11.8. The van der Waals surface area contributed by atoms with Crippen LogP contribution in [0.4, 0.5) is 0 Å². The lowest BCUT2D eigenvalue weighted by molar-refractivity contribution is -0.137. The monoisotopic (exact) mass is 275 g/mol. The van der Waals surface area contributed by atoms with Crippen LogP contribution in [0.2, 0.25) is 0 Å². The summed E-state index contributed by atoms with van der Waals surface area (Å²) in [5, 5.41) is 11.7. The Kier molecular flexibility index (Phi) is 4.77. The third-order valence-electron chi connectivity index (χ3n) is 3.66. The predicted octanol–water partition coefficient (Wildman–Crippen LogP) is 2.62. The second-order valence-corrected chi connectivity index (χ2v) is 5.46. The molecule has 4 nitrogen and oxygen atoms in total. The average molecular weight is 275 g/mol. The molecular weight excluding hydrogens is 254 g/mol. The molecule has 2 rings (SSSR count). The SMILES string of the molecule is CCCc1ccc(C(=O)NC(CC(=O)O)C2CC2)cc1. The summed E-state index contributed by atoms with van der Waals surface area (Å²) >= 11 is 0. The molecule has 0 bridgehead atoms. The quantitative estimate of drug-likeness (QED) is 0.804. The van der Waals surface area contributed by atoms with E-state index in [1.807, 2.05) is 24.3 Å². The first kappa shape index (κ1) is 14.6. The predicted molar refractivity (Wildman–Crippen MR) is 76.7 cm³/mol. The van der Waals surface area contributed by atoms with E-state index in [0.29, 0.717) is 11.5 Å². The van der Waals surface area contributed by atoms with Gasteiger partial charge in [0, 0.05) is 11.6 Å². The van der Waals surface area contributed by atoms with Crippen LogP contribution in [0.15, 0.2) is 24.3 Å². The smallest absolute Gasteiger partial charge is 0.305 e. The Hall–Kier alpha value is -1.84. The van der Waals surface area contributed by atoms with Gasteiger partial charge in [-0.3, -0.25) is 9.59 Å². The minimum atomic E-state index is -0.861. The van der Waals surface area contributed by atoms with Gasteiger partial charge in [-0.15, -0.1) is 0 Å². The van der Waals surface area contributed by atoms with Crippen LogP contribution >= 0.6 is 0 Å². The Bertz CT molecular complexity index is 477. The van der Waals surface area contributed by atoms with Crippen LogP contribution in [-0.4, -0.2) is 23.0 Å². The topological polar surface area (TPSA) is 66.4 Å². The maximum Gasteiger partial charge on any atom is 0.305 e. The maximum atomic E-state index is 12.1. The third kappa shape index (κ3) is 4.08. The zero-order chi connectivity index (χ0) is 14.5. The Morgan fingerprint density at radius 3 is 2.45 bits per heavy atom. The lowest BCUT2D eigenvalue weighted by Gasteiger charge is -2.16. The zero-order valence-corrected chi connectivity index (χ0v) is 11.8. The second kappa shape index (κ2) is 6.55. The molecule has 0 aromatic heterocycles. The van der Waals surface area contributed by atoms with E-state index < -0.39 is 5.97 Å². The Balaban J connectivity index is 1.97. The molecule has 2 N–H and O–H groups in total. The third-order valence-corrected chi connectivity index (χ3v) is 3.66. The van der Waals surface area contributed by atoms with E-state index in [2.05, 4.69) is 12.2 Å². The molecule has 0 radical (unpaired) electrons. The van der Waals surface area contributed by atoms with Crippen molar-refractivity contribution in [1.82, 2.24) is 5.32 Å². The van der Waals surface area contributed by atoms with Crippen molar-refractivity contribution in [3.63, 3.8) is 0 Å². The van der Waals surface area contributed by atoms with Crippen LogP contribution in [0, 0.1) is 5.92 Å². The van der Waals surface area contributed by atoms with Gasteiger partial charge in [-0.25, -0.2) is 0 Å². The first-order chi connectivity index (χ1) is 9.60. The molecule has 1 aliphatic rings. The number of carbonyl (C=O) groups is 2. The summed E-state index contributed by atoms with van der Waals surface area (Å²) in [5.74, 6) is -0.707. The number of benzene rings is 1. The molecular formula is C16H21NO3. The summed E-state index contributed by atoms with van der Waals surface area (Å²) in [6.07, 6.45) is 4.10. The highest BCUT2D eigenvalue weighted by molar-refractivity contribution is 5.94. The molecule has 1 aromatic carbocycles. The summed E-state index contributed by atoms with van der Waals surface area (Å²) in [5.41, 5.74) is 1.81. The maximum absolute atomic E-state index is 12.1. The van der Waals surface area contributed by atoms with Gasteiger partial charge >= 0.3 is 5.97 Å². The molecule has 1 aliphatic carbocycles. The molecule has 0 heterocycles. The minimum absolute atomic E-state index is 0.00429. The van der Waals surface area contributed by atoms with Gasteiger partial charge in [-0.2, -0.15) is 0 Å². The van der Waals surface area contributed by atoms with Crippen molar-refractivity contribution >= 4 is 11.9 Å². The molecule has 0 aliphatic heterocycles. The Morgan fingerprint density at radius 2 is 1.95 bits per heavy atom. The number of hydrogen-bond acceptors (Lipinski definition) is 2. The molecule has 4 heteroatoms. The van der Waals surface area contributed by atoms with Crippen molar-refractivity contribution in [2.75, 3.05) is 0 Å². The number of hydrogen-bond donors (Lipinski definition) is 2. The van der Waals surface area contributed by atoms with Gasteiger partial charge in [0.05, 0.1) is 6.42 Å². The van der Waals surface area contributed by atoms with E-state index >= 15 is 0 Å². The van der Waals surface area contributed by atoms with Gasteiger partial charge in [0.2, 0.25) is 0 Å². The van der Waals surface area contributed by atoms with Crippen LogP contribution < -0.4 is 5.32 Å². The van der Waals surface area contributed by atoms with Crippen molar-refractivity contribution in [2.45, 2.75) is 45.1 Å². The van der Waals surface area contributed by atoms with E-state index in [9.17, 15) is 9.59 Å². The van der Waals surface area contributed by atoms with Crippen molar-refractivity contribution in [3.05, 3.63) is 35.4 Å². The molecule has 1 saturated carbocycles. The molecule has 0 saturated heterocycles. The van der Waals surface area contributed by atoms with Crippen LogP contribution in [-0.2, 0) is 11.2 Å². The summed E-state index contributed by atoms with van der Waals surface area (Å²) in [4.78, 5) is 23.0. The normalized spacial score (nSPS) is 15.7. The first-order valence-corrected chi connectivity index (χ1v) is 7.21. The molecule has 1 fully saturated rings. The molecule has 1 amide bonds. The van der Waals surface area contributed by atoms with E-state index in [-0.39, 0.29) is 18.4 Å². The van der Waals surface area contributed by atoms with Gasteiger partial charge in [0.15, 0.2) is 0 Å². The fourth-order valence-corrected chi connectivity index (χ4v) is 2.39. The lowest BCUT2D eigenvalue weighted by atomic mass is 10.1. The molecule has 1 aromatic rings. The number of carboxylic acids is 1. The van der Waals surface area contributed by atoms with Crippen LogP contribution in [0.1, 0.15) is 48.5 Å². The number of aliphatic carboxylic acids is 1. The summed E-state index contributed by atoms with van der Waals surface area (Å²) in [6.45, 7) is 2.12. The van der Waals surface area contributed by atoms with Gasteiger partial charge in [0.25, 0.3) is 5.91 Å². The van der Waals surface area contributed by atoms with E-state index in [4.69, 9.17) is 5.11 Å². The molecule has 1 unspecified atom stereocenters. The number of rotatable bonds is 7. The van der Waals surface area contributed by atoms with Crippen LogP contribution in [0.25, 0.3) is 0 Å². The molecule has 20 heavy (non-hydrogen) atoms. The average Bonchev–Trinajstić information content (AvgIpc) is 3.23. The number of amides is 1. The Morgan fingerprint density at radius 1 is 1.30 bits per heavy atom. The van der Waals surface area contributed by atoms with Gasteiger partial charge in [0.1, 0.15) is 0 Å². The summed E-state index contributed by atoms with van der Waals surface area (Å²) < 4.78 is 0. The van der Waals surface area contributed by atoms with Gasteiger partial charge in [-0.1, -0.05) is 25.5 Å². The van der Waals surface area contributed by atoms with Crippen molar-refractivity contribution in [1.29, 1.82) is 0 Å². The van der Waals surface area contributed by atoms with Crippen molar-refractivity contribution in [2.24, 2.45) is 5.92 Å². The van der Waals surface area contributed by atoms with E-state index in [1.165, 1.54) is 5.56 Å². The second-order valence-electron chi connectivity index (χ2n) is 5.46. The van der Waals surface area contributed by atoms with Gasteiger partial charge in [-0.05, 0) is 42.9 Å². The van der Waals surface area contributed by atoms with Crippen LogP contribution in [0.3, 0.4) is 0 Å². The lowest BCUT2D eigenvalue weighted by Crippen LogP contribution is -2.38. The molecule has 1 atom stereocenters.